The molecule has 0 unspecified atom stereocenters. The van der Waals surface area contributed by atoms with Gasteiger partial charge in [-0.15, -0.1) is 0 Å². The fourth-order valence-electron chi connectivity index (χ4n) is 4.85. The molecule has 0 spiro atoms. The van der Waals surface area contributed by atoms with Gasteiger partial charge >= 0.3 is 5.97 Å². The highest BCUT2D eigenvalue weighted by molar-refractivity contribution is 5.73. The third-order valence-corrected chi connectivity index (χ3v) is 7.29. The molecule has 17 atom stereocenters. The SMILES string of the molecule is CO[C@H]1[C@H](O)[C@@H](O)[C@@H](O[C@H]2[C@H](O[C@@H]3CO[C@@H](O[C@@H]4CO[C@H](O)[C@H](O)[C@H]4O)[C@H](O)[C@H]3O)OC[C@@H](O)[C@@H]2O)O[C@@H]1C(=O)O. The average Bonchev–Trinajstić information content (AvgIpc) is 2.94. The van der Waals surface area contributed by atoms with Crippen LogP contribution in [0, 0.1) is 0 Å². The van der Waals surface area contributed by atoms with Gasteiger partial charge in [0.05, 0.1) is 19.8 Å². The number of aliphatic carboxylic acids is 1. The van der Waals surface area contributed by atoms with E-state index in [0.717, 1.165) is 7.11 Å². The highest BCUT2D eigenvalue weighted by Gasteiger charge is 2.53. The van der Waals surface area contributed by atoms with Gasteiger partial charge in [-0.3, -0.25) is 0 Å². The lowest BCUT2D eigenvalue weighted by Crippen LogP contribution is -2.65. The van der Waals surface area contributed by atoms with Crippen LogP contribution in [-0.4, -0.2) is 188 Å². The second-order valence-electron chi connectivity index (χ2n) is 10.0. The van der Waals surface area contributed by atoms with Crippen LogP contribution in [0.15, 0.2) is 0 Å². The summed E-state index contributed by atoms with van der Waals surface area (Å²) in [5, 5.41) is 101. The van der Waals surface area contributed by atoms with E-state index in [0.29, 0.717) is 0 Å². The normalized spacial score (nSPS) is 51.3. The fraction of sp³-hybridized carbons (Fsp3) is 0.955. The van der Waals surface area contributed by atoms with E-state index in [1.807, 2.05) is 0 Å². The molecule has 0 aromatic heterocycles. The van der Waals surface area contributed by atoms with Crippen LogP contribution in [0.2, 0.25) is 0 Å². The number of ether oxygens (including phenoxy) is 8. The minimum atomic E-state index is -1.87. The molecule has 4 aliphatic heterocycles. The number of aliphatic hydroxyl groups is 9. The van der Waals surface area contributed by atoms with Crippen molar-refractivity contribution in [1.29, 1.82) is 0 Å². The average molecular weight is 605 g/mol. The summed E-state index contributed by atoms with van der Waals surface area (Å²) in [5.41, 5.74) is 0. The van der Waals surface area contributed by atoms with Crippen molar-refractivity contribution in [3.05, 3.63) is 0 Å². The van der Waals surface area contributed by atoms with Crippen molar-refractivity contribution in [3.63, 3.8) is 0 Å². The van der Waals surface area contributed by atoms with Crippen molar-refractivity contribution in [2.75, 3.05) is 26.9 Å². The summed E-state index contributed by atoms with van der Waals surface area (Å²) in [4.78, 5) is 11.6. The third-order valence-electron chi connectivity index (χ3n) is 7.29. The van der Waals surface area contributed by atoms with E-state index >= 15 is 0 Å². The number of hydrogen-bond acceptors (Lipinski definition) is 18. The maximum absolute atomic E-state index is 11.6. The van der Waals surface area contributed by atoms with E-state index < -0.39 is 124 Å². The molecule has 4 heterocycles. The molecule has 4 fully saturated rings. The lowest BCUT2D eigenvalue weighted by atomic mass is 9.98. The number of carboxylic acids is 1. The van der Waals surface area contributed by atoms with Crippen LogP contribution in [0.4, 0.5) is 0 Å². The Balaban J connectivity index is 1.41. The van der Waals surface area contributed by atoms with Gasteiger partial charge in [0.1, 0.15) is 73.2 Å². The van der Waals surface area contributed by atoms with Crippen molar-refractivity contribution in [1.82, 2.24) is 0 Å². The van der Waals surface area contributed by atoms with Crippen molar-refractivity contribution in [2.24, 2.45) is 0 Å². The van der Waals surface area contributed by atoms with E-state index in [-0.39, 0.29) is 6.61 Å². The molecule has 0 bridgehead atoms. The van der Waals surface area contributed by atoms with E-state index in [2.05, 4.69) is 0 Å². The van der Waals surface area contributed by atoms with E-state index in [1.165, 1.54) is 0 Å². The van der Waals surface area contributed by atoms with Gasteiger partial charge in [-0.1, -0.05) is 0 Å². The molecular formula is C22H36O19. The van der Waals surface area contributed by atoms with Gasteiger partial charge in [-0.25, -0.2) is 4.79 Å². The predicted molar refractivity (Wildman–Crippen MR) is 121 cm³/mol. The summed E-state index contributed by atoms with van der Waals surface area (Å²) in [7, 11) is 1.10. The minimum Gasteiger partial charge on any atom is -0.479 e. The Hall–Kier alpha value is -1.21. The Morgan fingerprint density at radius 1 is 0.610 bits per heavy atom. The minimum absolute atomic E-state index is 0.366. The van der Waals surface area contributed by atoms with Crippen molar-refractivity contribution in [2.45, 2.75) is 105 Å². The quantitative estimate of drug-likeness (QED) is 0.123. The topological polar surface area (TPSA) is 293 Å². The zero-order chi connectivity index (χ0) is 30.2. The number of methoxy groups -OCH3 is 1. The standard InChI is InChI=1S/C22H36O19/c1-34-15-11(27)14(30)21(41-17(15)18(31)32)40-16-8(24)5(23)2-36-22(16)39-7-4-37-20(13(29)10(7)26)38-6-3-35-19(33)12(28)9(6)25/h5-17,19-30,33H,2-4H2,1H3,(H,31,32)/t5-,6-,7-,8+,9+,10+,11-,12-,13-,14-,15+,16-,17+,19+,20+,21+,22+/m1/s1. The molecule has 10 N–H and O–H groups in total. The second-order valence-corrected chi connectivity index (χ2v) is 10.0. The van der Waals surface area contributed by atoms with Gasteiger partial charge in [0.15, 0.2) is 31.3 Å². The van der Waals surface area contributed by atoms with Gasteiger partial charge in [0.25, 0.3) is 0 Å². The Morgan fingerprint density at radius 3 is 1.80 bits per heavy atom. The van der Waals surface area contributed by atoms with Gasteiger partial charge in [0, 0.05) is 7.11 Å². The molecule has 19 nitrogen and oxygen atoms in total. The molecule has 0 amide bonds. The van der Waals surface area contributed by atoms with Crippen molar-refractivity contribution < 1.29 is 93.8 Å². The Bertz CT molecular complexity index is 865. The molecule has 0 radical (unpaired) electrons. The molecule has 4 aliphatic rings. The smallest absolute Gasteiger partial charge is 0.335 e. The Labute approximate surface area is 231 Å². The molecule has 4 saturated heterocycles. The molecule has 0 aromatic carbocycles. The highest BCUT2D eigenvalue weighted by Crippen LogP contribution is 2.31. The summed E-state index contributed by atoms with van der Waals surface area (Å²) in [5.74, 6) is -1.55. The molecule has 0 aliphatic carbocycles. The number of rotatable bonds is 8. The van der Waals surface area contributed by atoms with Gasteiger partial charge in [-0.2, -0.15) is 0 Å². The van der Waals surface area contributed by atoms with Crippen LogP contribution in [0.5, 0.6) is 0 Å². The zero-order valence-corrected chi connectivity index (χ0v) is 21.6. The summed E-state index contributed by atoms with van der Waals surface area (Å²) in [6, 6.07) is 0. The Kier molecular flexibility index (Phi) is 10.9. The molecule has 0 saturated carbocycles. The summed E-state index contributed by atoms with van der Waals surface area (Å²) >= 11 is 0. The van der Waals surface area contributed by atoms with E-state index in [9.17, 15) is 55.9 Å². The highest BCUT2D eigenvalue weighted by atomic mass is 16.8. The summed E-state index contributed by atoms with van der Waals surface area (Å²) in [6.45, 7) is -1.30. The van der Waals surface area contributed by atoms with Crippen LogP contribution in [0.1, 0.15) is 0 Å². The molecule has 238 valence electrons. The lowest BCUT2D eigenvalue weighted by Gasteiger charge is -2.46. The maximum atomic E-state index is 11.6. The van der Waals surface area contributed by atoms with Crippen molar-refractivity contribution in [3.8, 4) is 0 Å². The molecule has 19 heteroatoms. The van der Waals surface area contributed by atoms with Crippen molar-refractivity contribution >= 4 is 5.97 Å². The fourth-order valence-corrected chi connectivity index (χ4v) is 4.85. The van der Waals surface area contributed by atoms with Crippen LogP contribution < -0.4 is 0 Å². The van der Waals surface area contributed by atoms with Crippen LogP contribution in [-0.2, 0) is 42.7 Å². The first kappa shape index (κ1) is 32.7. The zero-order valence-electron chi connectivity index (χ0n) is 21.6. The summed E-state index contributed by atoms with van der Waals surface area (Å²) in [6.07, 6.45) is -27.9. The van der Waals surface area contributed by atoms with Gasteiger partial charge in [0.2, 0.25) is 0 Å². The first-order valence-corrected chi connectivity index (χ1v) is 12.7. The second kappa shape index (κ2) is 13.6. The monoisotopic (exact) mass is 604 g/mol. The van der Waals surface area contributed by atoms with Crippen LogP contribution >= 0.6 is 0 Å². The van der Waals surface area contributed by atoms with Gasteiger partial charge < -0.3 is 89.0 Å². The first-order chi connectivity index (χ1) is 19.3. The number of carbonyl (C=O) groups is 1. The van der Waals surface area contributed by atoms with Crippen LogP contribution in [0.25, 0.3) is 0 Å². The number of carboxylic acid groups (broad SMARTS) is 1. The maximum Gasteiger partial charge on any atom is 0.335 e. The predicted octanol–water partition coefficient (Wildman–Crippen LogP) is -7.09. The first-order valence-electron chi connectivity index (χ1n) is 12.7. The summed E-state index contributed by atoms with van der Waals surface area (Å²) < 4.78 is 42.4. The molecule has 0 aromatic rings. The third kappa shape index (κ3) is 6.81. The largest absolute Gasteiger partial charge is 0.479 e. The molecule has 41 heavy (non-hydrogen) atoms. The van der Waals surface area contributed by atoms with E-state index in [4.69, 9.17) is 37.9 Å². The number of aliphatic hydroxyl groups excluding tert-OH is 9. The lowest BCUT2D eigenvalue weighted by molar-refractivity contribution is -0.372. The van der Waals surface area contributed by atoms with Gasteiger partial charge in [-0.05, 0) is 0 Å². The van der Waals surface area contributed by atoms with E-state index in [1.54, 1.807) is 0 Å². The molecule has 4 rings (SSSR count). The molecular weight excluding hydrogens is 568 g/mol. The Morgan fingerprint density at radius 2 is 1.17 bits per heavy atom. The number of hydrogen-bond donors (Lipinski definition) is 10. The van der Waals surface area contributed by atoms with Crippen LogP contribution in [0.3, 0.4) is 0 Å².